The van der Waals surface area contributed by atoms with E-state index in [2.05, 4.69) is 30.2 Å². The minimum atomic E-state index is -4.11. The van der Waals surface area contributed by atoms with Gasteiger partial charge >= 0.3 is 11.4 Å². The Morgan fingerprint density at radius 2 is 2.00 bits per heavy atom. The van der Waals surface area contributed by atoms with E-state index in [1.54, 1.807) is 0 Å². The molecule has 3 aliphatic rings. The molecular formula is C29H30ClF5N8OS. The number of ether oxygens (including phenoxy) is 1. The maximum absolute atomic E-state index is 15.5. The molecule has 0 amide bonds. The van der Waals surface area contributed by atoms with Crippen LogP contribution in [0.1, 0.15) is 38.2 Å². The van der Waals surface area contributed by atoms with Crippen LogP contribution in [-0.4, -0.2) is 81.9 Å². The van der Waals surface area contributed by atoms with E-state index in [0.29, 0.717) is 44.5 Å². The van der Waals surface area contributed by atoms with Gasteiger partial charge in [-0.25, -0.2) is 18.2 Å². The van der Waals surface area contributed by atoms with Crippen LogP contribution in [0.2, 0.25) is 0 Å². The number of halogens is 6. The Balaban J connectivity index is 1.43. The summed E-state index contributed by atoms with van der Waals surface area (Å²) in [6.45, 7) is 4.78. The number of nitrogen functional groups attached to an aromatic ring is 1. The average Bonchev–Trinajstić information content (AvgIpc) is 3.66. The van der Waals surface area contributed by atoms with E-state index in [1.807, 2.05) is 11.8 Å². The molecule has 7 rings (SSSR count). The Morgan fingerprint density at radius 3 is 2.78 bits per heavy atom. The second kappa shape index (κ2) is 11.3. The van der Waals surface area contributed by atoms with E-state index in [0.717, 1.165) is 37.1 Å². The summed E-state index contributed by atoms with van der Waals surface area (Å²) in [6.07, 6.45) is 3.00. The second-order valence-corrected chi connectivity index (χ2v) is 13.4. The van der Waals surface area contributed by atoms with Gasteiger partial charge in [-0.3, -0.25) is 9.88 Å². The number of alkyl halides is 4. The maximum Gasteiger partial charge on any atom is 0.352 e. The number of fused-ring (bicyclic) bond motifs is 3. The highest BCUT2D eigenvalue weighted by Crippen LogP contribution is 2.47. The number of thiazole rings is 1. The van der Waals surface area contributed by atoms with Crippen molar-refractivity contribution in [2.24, 2.45) is 0 Å². The number of nitrogens with zero attached hydrogens (tertiary/aromatic N) is 6. The predicted octanol–water partition coefficient (Wildman–Crippen LogP) is 5.59. The molecule has 1 aromatic carbocycles. The molecule has 0 saturated carbocycles. The molecule has 0 radical (unpaired) electrons. The highest BCUT2D eigenvalue weighted by atomic mass is 35.5. The fourth-order valence-corrected chi connectivity index (χ4v) is 7.94. The van der Waals surface area contributed by atoms with Gasteiger partial charge in [0.1, 0.15) is 30.2 Å². The number of pyridine rings is 1. The standard InChI is InChI=1S/C29H30ClF5N8OS/c1-2-15-12-42(7-5-37-15)25-16-10-38-22(19-17(32)8-18(33)24-23(19)39-26(36)45-24)20(29(30,34)35)21(16)40-27(41-25)44-13-28-4-3-6-43(28)11-14(31)9-28/h8,10,14-15,37H,2-7,9,11-13H2,1H3,(H2,36,39)/t14-,15?,28+/m1/s1. The van der Waals surface area contributed by atoms with Crippen molar-refractivity contribution in [3.8, 4) is 17.3 Å². The largest absolute Gasteiger partial charge is 0.461 e. The third-order valence-electron chi connectivity index (χ3n) is 9.09. The summed E-state index contributed by atoms with van der Waals surface area (Å²) in [5.74, 6) is -1.80. The van der Waals surface area contributed by atoms with E-state index < -0.39 is 45.5 Å². The summed E-state index contributed by atoms with van der Waals surface area (Å²) >= 11 is 6.50. The van der Waals surface area contributed by atoms with Crippen LogP contribution in [0.4, 0.5) is 32.9 Å². The van der Waals surface area contributed by atoms with E-state index in [1.165, 1.54) is 6.20 Å². The normalized spacial score (nSPS) is 24.2. The number of hydrogen-bond donors (Lipinski definition) is 2. The van der Waals surface area contributed by atoms with Gasteiger partial charge in [0.25, 0.3) is 0 Å². The molecule has 16 heteroatoms. The Morgan fingerprint density at radius 1 is 1.18 bits per heavy atom. The Hall–Kier alpha value is -3.14. The van der Waals surface area contributed by atoms with Crippen molar-refractivity contribution >= 4 is 55.0 Å². The van der Waals surface area contributed by atoms with Gasteiger partial charge in [-0.1, -0.05) is 18.3 Å². The minimum absolute atomic E-state index is 0.0629. The smallest absolute Gasteiger partial charge is 0.352 e. The summed E-state index contributed by atoms with van der Waals surface area (Å²) in [5.41, 5.74) is 2.75. The predicted molar refractivity (Wildman–Crippen MR) is 163 cm³/mol. The van der Waals surface area contributed by atoms with Crippen molar-refractivity contribution < 1.29 is 26.7 Å². The molecule has 1 unspecified atom stereocenters. The van der Waals surface area contributed by atoms with Crippen molar-refractivity contribution in [3.63, 3.8) is 0 Å². The van der Waals surface area contributed by atoms with E-state index in [-0.39, 0.29) is 44.9 Å². The number of aromatic nitrogens is 4. The number of nitrogens with one attached hydrogen (secondary N) is 1. The van der Waals surface area contributed by atoms with Gasteiger partial charge in [-0.15, -0.1) is 0 Å². The lowest BCUT2D eigenvalue weighted by Crippen LogP contribution is -2.50. The second-order valence-electron chi connectivity index (χ2n) is 11.9. The summed E-state index contributed by atoms with van der Waals surface area (Å²) in [6, 6.07) is 0.487. The maximum atomic E-state index is 15.5. The lowest BCUT2D eigenvalue weighted by Gasteiger charge is -2.35. The number of anilines is 2. The zero-order valence-corrected chi connectivity index (χ0v) is 25.8. The van der Waals surface area contributed by atoms with Gasteiger partial charge in [-0.2, -0.15) is 18.7 Å². The first-order chi connectivity index (χ1) is 21.5. The first-order valence-corrected chi connectivity index (χ1v) is 16.0. The topological polar surface area (TPSA) is 105 Å². The minimum Gasteiger partial charge on any atom is -0.461 e. The molecule has 3 saturated heterocycles. The summed E-state index contributed by atoms with van der Waals surface area (Å²) < 4.78 is 81.7. The van der Waals surface area contributed by atoms with Crippen molar-refractivity contribution in [3.05, 3.63) is 29.5 Å². The highest BCUT2D eigenvalue weighted by Gasteiger charge is 2.49. The number of benzene rings is 1. The van der Waals surface area contributed by atoms with Crippen LogP contribution in [0.3, 0.4) is 0 Å². The summed E-state index contributed by atoms with van der Waals surface area (Å²) in [5, 5.41) is -0.621. The van der Waals surface area contributed by atoms with Crippen LogP contribution in [0.15, 0.2) is 12.3 Å². The van der Waals surface area contributed by atoms with Crippen LogP contribution < -0.4 is 20.7 Å². The van der Waals surface area contributed by atoms with Gasteiger partial charge < -0.3 is 20.7 Å². The fraction of sp³-hybridized carbons (Fsp3) is 0.517. The first kappa shape index (κ1) is 30.5. The third kappa shape index (κ3) is 5.30. The van der Waals surface area contributed by atoms with Crippen LogP contribution in [0.5, 0.6) is 6.01 Å². The van der Waals surface area contributed by atoms with Crippen LogP contribution in [-0.2, 0) is 5.38 Å². The van der Waals surface area contributed by atoms with Gasteiger partial charge in [0.05, 0.1) is 43.5 Å². The Labute approximate surface area is 263 Å². The monoisotopic (exact) mass is 668 g/mol. The molecule has 3 N–H and O–H groups in total. The molecule has 3 atom stereocenters. The molecule has 0 aliphatic carbocycles. The van der Waals surface area contributed by atoms with E-state index in [4.69, 9.17) is 22.1 Å². The molecule has 3 aromatic heterocycles. The van der Waals surface area contributed by atoms with Crippen molar-refractivity contribution in [2.75, 3.05) is 50.0 Å². The van der Waals surface area contributed by atoms with Crippen LogP contribution in [0.25, 0.3) is 32.4 Å². The van der Waals surface area contributed by atoms with Crippen molar-refractivity contribution in [2.45, 2.75) is 55.7 Å². The summed E-state index contributed by atoms with van der Waals surface area (Å²) in [7, 11) is 0. The molecule has 4 aromatic rings. The zero-order chi connectivity index (χ0) is 31.7. The lowest BCUT2D eigenvalue weighted by atomic mass is 9.95. The first-order valence-electron chi connectivity index (χ1n) is 14.8. The quantitative estimate of drug-likeness (QED) is 0.193. The van der Waals surface area contributed by atoms with E-state index in [9.17, 15) is 8.78 Å². The van der Waals surface area contributed by atoms with Crippen molar-refractivity contribution in [1.82, 2.24) is 30.2 Å². The van der Waals surface area contributed by atoms with Gasteiger partial charge in [0.15, 0.2) is 5.13 Å². The Kier molecular flexibility index (Phi) is 7.65. The van der Waals surface area contributed by atoms with Gasteiger partial charge in [0, 0.05) is 50.9 Å². The molecular weight excluding hydrogens is 639 g/mol. The van der Waals surface area contributed by atoms with Gasteiger partial charge in [-0.05, 0) is 37.4 Å². The fourth-order valence-electron chi connectivity index (χ4n) is 7.01. The van der Waals surface area contributed by atoms with Crippen LogP contribution >= 0.6 is 22.9 Å². The molecule has 6 heterocycles. The number of nitrogens with two attached hydrogens (primary N) is 1. The molecule has 9 nitrogen and oxygen atoms in total. The molecule has 0 bridgehead atoms. The molecule has 0 spiro atoms. The number of piperazine rings is 1. The molecule has 45 heavy (non-hydrogen) atoms. The molecule has 240 valence electrons. The highest BCUT2D eigenvalue weighted by molar-refractivity contribution is 7.22. The lowest BCUT2D eigenvalue weighted by molar-refractivity contribution is 0.0965. The van der Waals surface area contributed by atoms with E-state index >= 15 is 13.2 Å². The molecule has 3 fully saturated rings. The third-order valence-corrected chi connectivity index (χ3v) is 10.2. The average molecular weight is 669 g/mol. The van der Waals surface area contributed by atoms with Crippen LogP contribution in [0, 0.1) is 11.6 Å². The van der Waals surface area contributed by atoms with Crippen molar-refractivity contribution in [1.29, 1.82) is 0 Å². The SMILES string of the molecule is CCC1CN(c2nc(OC[C@@]34CCCN3C[C@H](F)C4)nc3c(C(F)(F)Cl)c(-c4c(F)cc(F)c5sc(N)nc45)ncc23)CCN1. The van der Waals surface area contributed by atoms with Gasteiger partial charge in [0.2, 0.25) is 0 Å². The summed E-state index contributed by atoms with van der Waals surface area (Å²) in [4.78, 5) is 21.4. The zero-order valence-electron chi connectivity index (χ0n) is 24.2. The number of rotatable bonds is 7. The Bertz CT molecular complexity index is 1790. The molecule has 3 aliphatic heterocycles. The number of hydrogen-bond acceptors (Lipinski definition) is 10.